The molecule has 0 saturated carbocycles. The van der Waals surface area contributed by atoms with Crippen molar-refractivity contribution in [3.63, 3.8) is 0 Å². The summed E-state index contributed by atoms with van der Waals surface area (Å²) in [5, 5.41) is 13.9. The van der Waals surface area contributed by atoms with Crippen molar-refractivity contribution < 1.29 is 15.0 Å². The number of carboxylic acid groups (broad SMARTS) is 2. The quantitative estimate of drug-likeness (QED) is 0.477. The molecule has 3 nitrogen and oxygen atoms in total. The molecule has 2 N–H and O–H groups in total. The van der Waals surface area contributed by atoms with E-state index in [9.17, 15) is 0 Å². The third kappa shape index (κ3) is 50.9. The van der Waals surface area contributed by atoms with Crippen molar-refractivity contribution in [2.75, 3.05) is 0 Å². The monoisotopic (exact) mass is 270 g/mol. The van der Waals surface area contributed by atoms with E-state index in [2.05, 4.69) is 0 Å². The van der Waals surface area contributed by atoms with Crippen LogP contribution in [0, 0.1) is 0 Å². The van der Waals surface area contributed by atoms with Crippen molar-refractivity contribution in [3.8, 4) is 0 Å². The van der Waals surface area contributed by atoms with Gasteiger partial charge in [-0.25, -0.2) is 4.79 Å². The smallest absolute Gasteiger partial charge is 0.316 e. The molecule has 7 heavy (non-hydrogen) atoms. The Balaban J connectivity index is -0.0000000150. The van der Waals surface area contributed by atoms with Crippen molar-refractivity contribution in [1.29, 1.82) is 0 Å². The van der Waals surface area contributed by atoms with Gasteiger partial charge in [0.1, 0.15) is 0 Å². The Bertz CT molecular complexity index is 37.9. The van der Waals surface area contributed by atoms with Crippen LogP contribution in [0.4, 0.5) is 4.79 Å². The van der Waals surface area contributed by atoms with Gasteiger partial charge in [-0.3, -0.25) is 0 Å². The molecule has 0 aromatic heterocycles. The fourth-order valence-electron chi connectivity index (χ4n) is 0. The molecule has 0 rings (SSSR count). The molecule has 0 saturated heterocycles. The van der Waals surface area contributed by atoms with E-state index >= 15 is 0 Å². The minimum absolute atomic E-state index is 0. The van der Waals surface area contributed by atoms with Gasteiger partial charge < -0.3 is 10.2 Å². The zero-order valence-corrected chi connectivity index (χ0v) is 1.80. The van der Waals surface area contributed by atoms with E-state index in [-0.39, 0.29) is 110 Å². The average Bonchev–Trinajstić information content (AvgIpc) is 0.811. The molecule has 0 aliphatic rings. The van der Waals surface area contributed by atoms with E-state index < -0.39 is 6.16 Å². The minimum atomic E-state index is -1.83. The Morgan fingerprint density at radius 2 is 1.29 bits per heavy atom. The Labute approximate surface area is 127 Å². The summed E-state index contributed by atoms with van der Waals surface area (Å²) in [5.74, 6) is 0. The van der Waals surface area contributed by atoms with E-state index in [1.165, 1.54) is 0 Å². The van der Waals surface area contributed by atoms with Crippen molar-refractivity contribution in [1.82, 2.24) is 0 Å². The largest absolute Gasteiger partial charge is 0.316 e. The van der Waals surface area contributed by atoms with Gasteiger partial charge in [-0.1, -0.05) is 0 Å². The number of carbonyl (C=O) groups is 1. The Kier molecular flexibility index (Phi) is 51.3. The van der Waals surface area contributed by atoms with Gasteiger partial charge in [-0.2, -0.15) is 0 Å². The third-order valence-corrected chi connectivity index (χ3v) is 0. The first-order valence-corrected chi connectivity index (χ1v) is 0.651. The van der Waals surface area contributed by atoms with E-state index in [0.29, 0.717) is 0 Å². The van der Waals surface area contributed by atoms with Crippen LogP contribution in [0.5, 0.6) is 0 Å². The van der Waals surface area contributed by atoms with Crippen molar-refractivity contribution in [2.45, 2.75) is 0 Å². The third-order valence-electron chi connectivity index (χ3n) is 0. The zero-order valence-electron chi connectivity index (χ0n) is 1.80. The maximum Gasteiger partial charge on any atom is 0.316 e. The minimum Gasteiger partial charge on any atom is 0.316 e. The van der Waals surface area contributed by atoms with E-state index in [0.717, 1.165) is 0 Å². The number of rotatable bonds is 0. The Morgan fingerprint density at radius 1 is 1.29 bits per heavy atom. The summed E-state index contributed by atoms with van der Waals surface area (Å²) in [6, 6.07) is 0. The van der Waals surface area contributed by atoms with E-state index in [4.69, 9.17) is 15.0 Å². The SMILES string of the molecule is O=C(O)O.[BaH2].[CaH2].[MgH2]. The van der Waals surface area contributed by atoms with Gasteiger partial charge in [-0.15, -0.1) is 0 Å². The summed E-state index contributed by atoms with van der Waals surface area (Å²) in [6.45, 7) is 0. The molecular weight excluding hydrogens is 262 g/mol. The van der Waals surface area contributed by atoms with E-state index in [1.807, 2.05) is 0 Å². The number of hydrogen-bond donors (Lipinski definition) is 2. The van der Waals surface area contributed by atoms with Gasteiger partial charge >= 0.3 is 116 Å². The summed E-state index contributed by atoms with van der Waals surface area (Å²) in [4.78, 5) is 8.56. The van der Waals surface area contributed by atoms with Gasteiger partial charge in [0, 0.05) is 0 Å². The topological polar surface area (TPSA) is 57.5 Å². The summed E-state index contributed by atoms with van der Waals surface area (Å²) >= 11 is 0. The molecule has 0 aromatic carbocycles. The van der Waals surface area contributed by atoms with Gasteiger partial charge in [0.05, 0.1) is 0 Å². The fraction of sp³-hybridized carbons (Fsp3) is 0. The molecular formula is CH8BaCaMgO3. The van der Waals surface area contributed by atoms with Crippen LogP contribution in [0.25, 0.3) is 0 Å². The molecule has 0 radical (unpaired) electrons. The predicted molar refractivity (Wildman–Crippen MR) is 36.3 cm³/mol. The summed E-state index contributed by atoms with van der Waals surface area (Å²) in [7, 11) is 0. The van der Waals surface area contributed by atoms with Crippen molar-refractivity contribution in [3.05, 3.63) is 0 Å². The second-order valence-electron chi connectivity index (χ2n) is 0.283. The molecule has 0 atom stereocenters. The van der Waals surface area contributed by atoms with E-state index in [1.54, 1.807) is 0 Å². The molecule has 0 aliphatic heterocycles. The van der Waals surface area contributed by atoms with Crippen LogP contribution in [0.2, 0.25) is 0 Å². The summed E-state index contributed by atoms with van der Waals surface area (Å²) in [6.07, 6.45) is -1.83. The maximum absolute atomic E-state index is 8.56. The molecule has 0 aromatic rings. The predicted octanol–water partition coefficient (Wildman–Crippen LogP) is -2.53. The molecule has 0 amide bonds. The van der Waals surface area contributed by atoms with Crippen molar-refractivity contribution in [2.24, 2.45) is 0 Å². The first-order valence-electron chi connectivity index (χ1n) is 0.651. The molecule has 0 unspecified atom stereocenters. The Hall–Kier alpha value is 2.87. The van der Waals surface area contributed by atoms with Crippen LogP contribution in [0.15, 0.2) is 0 Å². The van der Waals surface area contributed by atoms with Gasteiger partial charge in [0.25, 0.3) is 0 Å². The molecule has 0 bridgehead atoms. The van der Waals surface area contributed by atoms with Gasteiger partial charge in [0.2, 0.25) is 0 Å². The van der Waals surface area contributed by atoms with Crippen LogP contribution in [-0.4, -0.2) is 126 Å². The normalized spacial score (nSPS) is 3.43. The van der Waals surface area contributed by atoms with Crippen LogP contribution >= 0.6 is 0 Å². The summed E-state index contributed by atoms with van der Waals surface area (Å²) < 4.78 is 0. The molecule has 36 valence electrons. The van der Waals surface area contributed by atoms with Crippen molar-refractivity contribution >= 4 is 116 Å². The number of hydrogen-bond acceptors (Lipinski definition) is 1. The van der Waals surface area contributed by atoms with Crippen LogP contribution in [0.1, 0.15) is 0 Å². The van der Waals surface area contributed by atoms with Gasteiger partial charge in [-0.05, 0) is 0 Å². The molecule has 0 fully saturated rings. The molecule has 0 aliphatic carbocycles. The second-order valence-corrected chi connectivity index (χ2v) is 0.283. The molecule has 0 spiro atoms. The standard InChI is InChI=1S/CH2O3.Ba.Ca.Mg.6H/c2-1(3)4;;;;;;;;;/h(H2,2,3,4);;;;;;;;;. The maximum atomic E-state index is 8.56. The molecule has 6 heteroatoms. The first-order chi connectivity index (χ1) is 1.73. The molecule has 0 heterocycles. The van der Waals surface area contributed by atoms with Crippen LogP contribution in [-0.2, 0) is 0 Å². The second kappa shape index (κ2) is 15.9. The fourth-order valence-corrected chi connectivity index (χ4v) is 0. The average molecular weight is 270 g/mol. The van der Waals surface area contributed by atoms with Gasteiger partial charge in [0.15, 0.2) is 0 Å². The Morgan fingerprint density at radius 3 is 1.29 bits per heavy atom. The zero-order chi connectivity index (χ0) is 3.58. The first kappa shape index (κ1) is 22.5. The van der Waals surface area contributed by atoms with Crippen LogP contribution < -0.4 is 0 Å². The van der Waals surface area contributed by atoms with Crippen LogP contribution in [0.3, 0.4) is 0 Å². The summed E-state index contributed by atoms with van der Waals surface area (Å²) in [5.41, 5.74) is 0.